The molecule has 124 valence electrons. The van der Waals surface area contributed by atoms with E-state index in [-0.39, 0.29) is 11.8 Å². The molecule has 0 unspecified atom stereocenters. The molecule has 5 nitrogen and oxygen atoms in total. The minimum atomic E-state index is -0.168. The van der Waals surface area contributed by atoms with Crippen molar-refractivity contribution in [2.75, 3.05) is 23.9 Å². The van der Waals surface area contributed by atoms with Gasteiger partial charge in [0, 0.05) is 30.4 Å². The van der Waals surface area contributed by atoms with E-state index >= 15 is 0 Å². The van der Waals surface area contributed by atoms with Gasteiger partial charge in [0.25, 0.3) is 5.91 Å². The van der Waals surface area contributed by atoms with Crippen molar-refractivity contribution >= 4 is 23.2 Å². The van der Waals surface area contributed by atoms with Crippen LogP contribution in [0.3, 0.4) is 0 Å². The maximum absolute atomic E-state index is 12.4. The number of hydrogen-bond donors (Lipinski definition) is 1. The molecule has 2 amide bonds. The molecule has 0 spiro atoms. The topological polar surface area (TPSA) is 58.6 Å². The van der Waals surface area contributed by atoms with E-state index in [2.05, 4.69) is 5.32 Å². The third-order valence-corrected chi connectivity index (χ3v) is 4.11. The molecule has 1 heterocycles. The Bertz CT molecular complexity index is 769. The molecule has 3 rings (SSSR count). The lowest BCUT2D eigenvalue weighted by Crippen LogP contribution is -2.31. The quantitative estimate of drug-likeness (QED) is 0.939. The fourth-order valence-electron chi connectivity index (χ4n) is 2.81. The van der Waals surface area contributed by atoms with Crippen LogP contribution in [0.5, 0.6) is 5.75 Å². The van der Waals surface area contributed by atoms with Gasteiger partial charge < -0.3 is 15.0 Å². The molecular formula is C19H20N2O3. The van der Waals surface area contributed by atoms with Gasteiger partial charge in [-0.2, -0.15) is 0 Å². The Kier molecular flexibility index (Phi) is 4.51. The van der Waals surface area contributed by atoms with Gasteiger partial charge in [-0.25, -0.2) is 0 Å². The Balaban J connectivity index is 1.74. The van der Waals surface area contributed by atoms with Gasteiger partial charge in [0.15, 0.2) is 0 Å². The Morgan fingerprint density at radius 3 is 2.62 bits per heavy atom. The van der Waals surface area contributed by atoms with Crippen LogP contribution in [-0.4, -0.2) is 25.5 Å². The van der Waals surface area contributed by atoms with E-state index in [1.165, 1.54) is 0 Å². The van der Waals surface area contributed by atoms with Crippen molar-refractivity contribution in [1.29, 1.82) is 0 Å². The molecule has 1 N–H and O–H groups in total. The number of benzene rings is 2. The Hall–Kier alpha value is -2.82. The molecule has 0 fully saturated rings. The summed E-state index contributed by atoms with van der Waals surface area (Å²) in [7, 11) is 1.78. The maximum Gasteiger partial charge on any atom is 0.255 e. The number of nitrogens with one attached hydrogen (secondary N) is 1. The van der Waals surface area contributed by atoms with Gasteiger partial charge in [0.2, 0.25) is 5.91 Å². The second kappa shape index (κ2) is 6.74. The number of carbonyl (C=O) groups is 2. The van der Waals surface area contributed by atoms with E-state index in [9.17, 15) is 9.59 Å². The van der Waals surface area contributed by atoms with E-state index in [0.29, 0.717) is 25.0 Å². The van der Waals surface area contributed by atoms with Crippen molar-refractivity contribution < 1.29 is 14.3 Å². The number of carbonyl (C=O) groups excluding carboxylic acids is 2. The van der Waals surface area contributed by atoms with Gasteiger partial charge in [-0.3, -0.25) is 9.59 Å². The van der Waals surface area contributed by atoms with Crippen molar-refractivity contribution in [2.45, 2.75) is 19.8 Å². The molecule has 5 heteroatoms. The summed E-state index contributed by atoms with van der Waals surface area (Å²) < 4.78 is 5.38. The molecule has 2 aromatic carbocycles. The van der Waals surface area contributed by atoms with Gasteiger partial charge in [-0.05, 0) is 61.4 Å². The number of fused-ring (bicyclic) bond motifs is 1. The number of anilines is 2. The van der Waals surface area contributed by atoms with Crippen LogP contribution in [0.2, 0.25) is 0 Å². The number of aryl methyl sites for hydroxylation is 1. The zero-order valence-electron chi connectivity index (χ0n) is 13.8. The van der Waals surface area contributed by atoms with Crippen LogP contribution < -0.4 is 15.0 Å². The van der Waals surface area contributed by atoms with Gasteiger partial charge >= 0.3 is 0 Å². The van der Waals surface area contributed by atoms with Crippen molar-refractivity contribution in [1.82, 2.24) is 0 Å². The van der Waals surface area contributed by atoms with Gasteiger partial charge in [-0.1, -0.05) is 0 Å². The third kappa shape index (κ3) is 3.25. The average molecular weight is 324 g/mol. The van der Waals surface area contributed by atoms with E-state index in [4.69, 9.17) is 4.74 Å². The monoisotopic (exact) mass is 324 g/mol. The Labute approximate surface area is 141 Å². The van der Waals surface area contributed by atoms with E-state index < -0.39 is 0 Å². The van der Waals surface area contributed by atoms with Crippen LogP contribution in [0.4, 0.5) is 11.4 Å². The summed E-state index contributed by atoms with van der Waals surface area (Å²) in [4.78, 5) is 25.7. The largest absolute Gasteiger partial charge is 0.494 e. The highest BCUT2D eigenvalue weighted by molar-refractivity contribution is 6.04. The van der Waals surface area contributed by atoms with Crippen molar-refractivity contribution in [3.05, 3.63) is 53.6 Å². The van der Waals surface area contributed by atoms with Crippen molar-refractivity contribution in [3.63, 3.8) is 0 Å². The Morgan fingerprint density at radius 1 is 1.17 bits per heavy atom. The van der Waals surface area contributed by atoms with E-state index in [1.54, 1.807) is 36.2 Å². The van der Waals surface area contributed by atoms with Crippen LogP contribution >= 0.6 is 0 Å². The van der Waals surface area contributed by atoms with Crippen molar-refractivity contribution in [2.24, 2.45) is 0 Å². The highest BCUT2D eigenvalue weighted by Crippen LogP contribution is 2.29. The van der Waals surface area contributed by atoms with Crippen molar-refractivity contribution in [3.8, 4) is 5.75 Å². The maximum atomic E-state index is 12.4. The molecular weight excluding hydrogens is 304 g/mol. The van der Waals surface area contributed by atoms with Gasteiger partial charge in [0.05, 0.1) is 6.61 Å². The molecule has 0 aromatic heterocycles. The molecule has 0 saturated heterocycles. The fourth-order valence-corrected chi connectivity index (χ4v) is 2.81. The first-order valence-corrected chi connectivity index (χ1v) is 8.02. The minimum Gasteiger partial charge on any atom is -0.494 e. The van der Waals surface area contributed by atoms with Crippen LogP contribution in [-0.2, 0) is 11.2 Å². The summed E-state index contributed by atoms with van der Waals surface area (Å²) in [5.74, 6) is 0.697. The molecule has 0 aliphatic carbocycles. The number of hydrogen-bond acceptors (Lipinski definition) is 3. The SMILES string of the molecule is CCOc1ccc(C(=O)Nc2ccc3c(c2)CCC(=O)N3C)cc1. The standard InChI is InChI=1S/C19H20N2O3/c1-3-24-16-8-4-13(5-9-16)19(23)20-15-7-10-17-14(12-15)6-11-18(22)21(17)2/h4-5,7-10,12H,3,6,11H2,1-2H3,(H,20,23). The lowest BCUT2D eigenvalue weighted by Gasteiger charge is -2.26. The molecule has 1 aliphatic heterocycles. The molecule has 0 bridgehead atoms. The normalized spacial score (nSPS) is 13.4. The Morgan fingerprint density at radius 2 is 1.92 bits per heavy atom. The minimum absolute atomic E-state index is 0.119. The molecule has 24 heavy (non-hydrogen) atoms. The molecule has 2 aromatic rings. The summed E-state index contributed by atoms with van der Waals surface area (Å²) in [6.45, 7) is 2.51. The van der Waals surface area contributed by atoms with Crippen LogP contribution in [0.15, 0.2) is 42.5 Å². The lowest BCUT2D eigenvalue weighted by atomic mass is 10.0. The number of amides is 2. The third-order valence-electron chi connectivity index (χ3n) is 4.11. The number of nitrogens with zero attached hydrogens (tertiary/aromatic N) is 1. The smallest absolute Gasteiger partial charge is 0.255 e. The van der Waals surface area contributed by atoms with E-state index in [1.807, 2.05) is 25.1 Å². The highest BCUT2D eigenvalue weighted by Gasteiger charge is 2.21. The first-order valence-electron chi connectivity index (χ1n) is 8.02. The fraction of sp³-hybridized carbons (Fsp3) is 0.263. The zero-order valence-corrected chi connectivity index (χ0v) is 13.8. The molecule has 0 radical (unpaired) electrons. The lowest BCUT2D eigenvalue weighted by molar-refractivity contribution is -0.118. The second-order valence-electron chi connectivity index (χ2n) is 5.71. The molecule has 0 atom stereocenters. The zero-order chi connectivity index (χ0) is 17.1. The van der Waals surface area contributed by atoms with Crippen LogP contribution in [0.25, 0.3) is 0 Å². The highest BCUT2D eigenvalue weighted by atomic mass is 16.5. The predicted octanol–water partition coefficient (Wildman–Crippen LogP) is 3.25. The summed E-state index contributed by atoms with van der Waals surface area (Å²) in [5, 5.41) is 2.90. The average Bonchev–Trinajstić information content (AvgIpc) is 2.59. The summed E-state index contributed by atoms with van der Waals surface area (Å²) in [6, 6.07) is 12.7. The molecule has 1 aliphatic rings. The second-order valence-corrected chi connectivity index (χ2v) is 5.71. The van der Waals surface area contributed by atoms with Gasteiger partial charge in [-0.15, -0.1) is 0 Å². The predicted molar refractivity (Wildman–Crippen MR) is 93.7 cm³/mol. The van der Waals surface area contributed by atoms with Crippen LogP contribution in [0.1, 0.15) is 29.3 Å². The van der Waals surface area contributed by atoms with Gasteiger partial charge in [0.1, 0.15) is 5.75 Å². The first-order chi connectivity index (χ1) is 11.6. The number of rotatable bonds is 4. The molecule has 0 saturated carbocycles. The summed E-state index contributed by atoms with van der Waals surface area (Å²) >= 11 is 0. The number of ether oxygens (including phenoxy) is 1. The van der Waals surface area contributed by atoms with Crippen LogP contribution in [0, 0.1) is 0 Å². The van der Waals surface area contributed by atoms with E-state index in [0.717, 1.165) is 22.7 Å². The summed E-state index contributed by atoms with van der Waals surface area (Å²) in [5.41, 5.74) is 3.28. The summed E-state index contributed by atoms with van der Waals surface area (Å²) in [6.07, 6.45) is 1.20. The first kappa shape index (κ1) is 16.1.